The molecule has 1 atom stereocenters. The van der Waals surface area contributed by atoms with Crippen molar-refractivity contribution in [3.05, 3.63) is 65.9 Å². The standard InChI is InChI=1S/C33H38N4O8/c1-32(2,3)43-30(40)26(45-37-28(38)24-9-7-8-10-25(24)29(37)39)19-42-23-12-11-21-14-27(35-16-22(21)13-23)34-15-20-17-36(18-20)31(41)44-33(4,5)6/h7-14,16,20,26H,15,17-19H2,1-6H3,(H,34,35). The van der Waals surface area contributed by atoms with Crippen molar-refractivity contribution < 1.29 is 38.2 Å². The lowest BCUT2D eigenvalue weighted by atomic mass is 10.0. The topological polar surface area (TPSA) is 137 Å². The number of carbonyl (C=O) groups excluding carboxylic acids is 4. The second kappa shape index (κ2) is 12.4. The van der Waals surface area contributed by atoms with Crippen molar-refractivity contribution >= 4 is 40.5 Å². The van der Waals surface area contributed by atoms with E-state index in [0.29, 0.717) is 42.2 Å². The van der Waals surface area contributed by atoms with Crippen molar-refractivity contribution in [3.63, 3.8) is 0 Å². The van der Waals surface area contributed by atoms with Crippen molar-refractivity contribution in [2.45, 2.75) is 58.8 Å². The highest BCUT2D eigenvalue weighted by molar-refractivity contribution is 6.20. The molecule has 2 aromatic carbocycles. The molecule has 1 aromatic heterocycles. The summed E-state index contributed by atoms with van der Waals surface area (Å²) in [6.45, 7) is 12.2. The van der Waals surface area contributed by atoms with Crippen molar-refractivity contribution in [3.8, 4) is 5.75 Å². The van der Waals surface area contributed by atoms with Gasteiger partial charge in [-0.3, -0.25) is 9.59 Å². The number of imide groups is 1. The van der Waals surface area contributed by atoms with Gasteiger partial charge in [0, 0.05) is 37.1 Å². The summed E-state index contributed by atoms with van der Waals surface area (Å²) in [6.07, 6.45) is 0.0108. The van der Waals surface area contributed by atoms with Crippen LogP contribution in [0.1, 0.15) is 62.3 Å². The molecule has 0 aliphatic carbocycles. The maximum Gasteiger partial charge on any atom is 0.410 e. The zero-order valence-corrected chi connectivity index (χ0v) is 26.3. The Balaban J connectivity index is 1.19. The van der Waals surface area contributed by atoms with Gasteiger partial charge in [0.05, 0.1) is 11.1 Å². The molecule has 1 fully saturated rings. The lowest BCUT2D eigenvalue weighted by Crippen LogP contribution is -2.53. The zero-order valence-electron chi connectivity index (χ0n) is 26.3. The van der Waals surface area contributed by atoms with E-state index in [2.05, 4.69) is 10.3 Å². The Morgan fingerprint density at radius 1 is 0.911 bits per heavy atom. The summed E-state index contributed by atoms with van der Waals surface area (Å²) in [5.41, 5.74) is -0.970. The lowest BCUT2D eigenvalue weighted by molar-refractivity contribution is -0.193. The van der Waals surface area contributed by atoms with Crippen LogP contribution in [0.2, 0.25) is 0 Å². The number of hydrogen-bond donors (Lipinski definition) is 1. The molecule has 45 heavy (non-hydrogen) atoms. The van der Waals surface area contributed by atoms with E-state index in [1.165, 1.54) is 12.1 Å². The maximum atomic E-state index is 13.0. The number of likely N-dealkylation sites (tertiary alicyclic amines) is 1. The summed E-state index contributed by atoms with van der Waals surface area (Å²) in [5.74, 6) is -0.678. The van der Waals surface area contributed by atoms with Crippen LogP contribution in [-0.4, -0.2) is 82.4 Å². The van der Waals surface area contributed by atoms with Gasteiger partial charge in [-0.05, 0) is 77.3 Å². The number of hydroxylamine groups is 2. The molecule has 0 saturated carbocycles. The van der Waals surface area contributed by atoms with Gasteiger partial charge >= 0.3 is 12.1 Å². The number of hydrogen-bond acceptors (Lipinski definition) is 10. The Labute approximate surface area is 261 Å². The fourth-order valence-electron chi connectivity index (χ4n) is 4.80. The van der Waals surface area contributed by atoms with Gasteiger partial charge in [0.25, 0.3) is 11.8 Å². The van der Waals surface area contributed by atoms with Crippen LogP contribution >= 0.6 is 0 Å². The molecule has 2 aliphatic heterocycles. The van der Waals surface area contributed by atoms with E-state index in [1.54, 1.807) is 56.1 Å². The van der Waals surface area contributed by atoms with Gasteiger partial charge in [0.15, 0.2) is 0 Å². The van der Waals surface area contributed by atoms with Crippen LogP contribution in [0.15, 0.2) is 54.7 Å². The minimum atomic E-state index is -1.40. The van der Waals surface area contributed by atoms with Crippen LogP contribution in [-0.2, 0) is 19.1 Å². The van der Waals surface area contributed by atoms with E-state index in [1.807, 2.05) is 32.9 Å². The molecule has 0 radical (unpaired) electrons. The molecule has 3 heterocycles. The van der Waals surface area contributed by atoms with Gasteiger partial charge in [0.2, 0.25) is 6.10 Å². The van der Waals surface area contributed by atoms with Gasteiger partial charge in [-0.2, -0.15) is 0 Å². The van der Waals surface area contributed by atoms with Gasteiger partial charge in [-0.1, -0.05) is 18.2 Å². The number of rotatable bonds is 9. The summed E-state index contributed by atoms with van der Waals surface area (Å²) >= 11 is 0. The summed E-state index contributed by atoms with van der Waals surface area (Å²) in [4.78, 5) is 62.7. The first-order valence-corrected chi connectivity index (χ1v) is 14.8. The predicted molar refractivity (Wildman–Crippen MR) is 165 cm³/mol. The van der Waals surface area contributed by atoms with Crippen LogP contribution in [0.5, 0.6) is 5.75 Å². The van der Waals surface area contributed by atoms with E-state index >= 15 is 0 Å². The summed E-state index contributed by atoms with van der Waals surface area (Å²) in [7, 11) is 0. The molecule has 12 heteroatoms. The third-order valence-electron chi connectivity index (χ3n) is 6.93. The van der Waals surface area contributed by atoms with Gasteiger partial charge in [-0.25, -0.2) is 19.4 Å². The molecule has 1 unspecified atom stereocenters. The highest BCUT2D eigenvalue weighted by Gasteiger charge is 2.41. The molecule has 1 N–H and O–H groups in total. The van der Waals surface area contributed by atoms with E-state index in [-0.39, 0.29) is 23.8 Å². The number of benzene rings is 2. The number of carbonyl (C=O) groups is 4. The molecule has 1 saturated heterocycles. The van der Waals surface area contributed by atoms with E-state index in [9.17, 15) is 19.2 Å². The van der Waals surface area contributed by atoms with Gasteiger partial charge in [0.1, 0.15) is 29.4 Å². The number of nitrogens with zero attached hydrogens (tertiary/aromatic N) is 3. The average Bonchev–Trinajstić information content (AvgIpc) is 3.17. The monoisotopic (exact) mass is 618 g/mol. The maximum absolute atomic E-state index is 13.0. The molecule has 3 amide bonds. The SMILES string of the molecule is CC(C)(C)OC(=O)C(COc1ccc2cc(NCC3CN(C(=O)OC(C)(C)C)C3)ncc2c1)ON1C(=O)c2ccccc2C1=O. The fourth-order valence-corrected chi connectivity index (χ4v) is 4.80. The number of nitrogens with one attached hydrogen (secondary N) is 1. The van der Waals surface area contributed by atoms with Crippen LogP contribution in [0.4, 0.5) is 10.6 Å². The first-order chi connectivity index (χ1) is 21.2. The van der Waals surface area contributed by atoms with Gasteiger partial charge in [-0.15, -0.1) is 5.06 Å². The van der Waals surface area contributed by atoms with Crippen LogP contribution < -0.4 is 10.1 Å². The zero-order chi connectivity index (χ0) is 32.5. The smallest absolute Gasteiger partial charge is 0.410 e. The van der Waals surface area contributed by atoms with E-state index < -0.39 is 35.1 Å². The third-order valence-corrected chi connectivity index (χ3v) is 6.93. The number of pyridine rings is 1. The molecule has 3 aromatic rings. The molecule has 12 nitrogen and oxygen atoms in total. The van der Waals surface area contributed by atoms with Crippen molar-refractivity contribution in [2.75, 3.05) is 31.6 Å². The average molecular weight is 619 g/mol. The number of esters is 1. The summed E-state index contributed by atoms with van der Waals surface area (Å²) in [5, 5.41) is 5.63. The van der Waals surface area contributed by atoms with Crippen LogP contribution in [0, 0.1) is 5.92 Å². The normalized spacial score (nSPS) is 15.9. The minimum absolute atomic E-state index is 0.192. The first-order valence-electron chi connectivity index (χ1n) is 14.8. The quantitative estimate of drug-likeness (QED) is 0.262. The molecule has 0 spiro atoms. The predicted octanol–water partition coefficient (Wildman–Crippen LogP) is 4.83. The largest absolute Gasteiger partial charge is 0.490 e. The first kappa shape index (κ1) is 31.7. The molecule has 0 bridgehead atoms. The second-order valence-electron chi connectivity index (χ2n) is 13.1. The Kier molecular flexibility index (Phi) is 8.70. The summed E-state index contributed by atoms with van der Waals surface area (Å²) in [6, 6.07) is 13.6. The Morgan fingerprint density at radius 2 is 1.56 bits per heavy atom. The fraction of sp³-hybridized carbons (Fsp3) is 0.424. The number of anilines is 1. The Hall–Kier alpha value is -4.71. The lowest BCUT2D eigenvalue weighted by Gasteiger charge is -2.39. The summed E-state index contributed by atoms with van der Waals surface area (Å²) < 4.78 is 16.8. The van der Waals surface area contributed by atoms with Crippen LogP contribution in [0.25, 0.3) is 10.8 Å². The van der Waals surface area contributed by atoms with Crippen molar-refractivity contribution in [2.24, 2.45) is 5.92 Å². The number of aromatic nitrogens is 1. The second-order valence-corrected chi connectivity index (χ2v) is 13.1. The molecular formula is C33H38N4O8. The van der Waals surface area contributed by atoms with E-state index in [0.717, 1.165) is 10.8 Å². The Bertz CT molecular complexity index is 1590. The third kappa shape index (κ3) is 7.69. The van der Waals surface area contributed by atoms with Crippen molar-refractivity contribution in [1.29, 1.82) is 0 Å². The highest BCUT2D eigenvalue weighted by Crippen LogP contribution is 2.27. The van der Waals surface area contributed by atoms with Crippen molar-refractivity contribution in [1.82, 2.24) is 14.9 Å². The highest BCUT2D eigenvalue weighted by atomic mass is 16.7. The van der Waals surface area contributed by atoms with E-state index in [4.69, 9.17) is 19.0 Å². The minimum Gasteiger partial charge on any atom is -0.490 e. The number of amides is 3. The number of ether oxygens (including phenoxy) is 3. The molecule has 5 rings (SSSR count). The van der Waals surface area contributed by atoms with Gasteiger partial charge < -0.3 is 24.4 Å². The number of fused-ring (bicyclic) bond motifs is 2. The molecular weight excluding hydrogens is 580 g/mol. The van der Waals surface area contributed by atoms with Crippen LogP contribution in [0.3, 0.4) is 0 Å². The molecule has 238 valence electrons. The molecule has 2 aliphatic rings. The Morgan fingerprint density at radius 3 is 2.18 bits per heavy atom.